The van der Waals surface area contributed by atoms with E-state index in [2.05, 4.69) is 10.1 Å². The molecule has 0 atom stereocenters. The van der Waals surface area contributed by atoms with Crippen molar-refractivity contribution in [3.8, 4) is 5.75 Å². The third kappa shape index (κ3) is 3.41. The van der Waals surface area contributed by atoms with Crippen molar-refractivity contribution >= 4 is 0 Å². The monoisotopic (exact) mass is 233 g/mol. The van der Waals surface area contributed by atoms with Gasteiger partial charge in [0.25, 0.3) is 0 Å². The van der Waals surface area contributed by atoms with Gasteiger partial charge >= 0.3 is 6.36 Å². The lowest BCUT2D eigenvalue weighted by molar-refractivity contribution is -0.274. The highest BCUT2D eigenvalue weighted by atomic mass is 19.4. The summed E-state index contributed by atoms with van der Waals surface area (Å²) in [6.07, 6.45) is -4.64. The topological polar surface area (TPSA) is 21.3 Å². The minimum atomic E-state index is -4.64. The molecular weight excluding hydrogens is 219 g/mol. The molecule has 0 aromatic heterocycles. The summed E-state index contributed by atoms with van der Waals surface area (Å²) in [4.78, 5) is 0. The molecule has 0 unspecified atom stereocenters. The molecule has 0 saturated heterocycles. The highest BCUT2D eigenvalue weighted by molar-refractivity contribution is 5.31. The number of benzene rings is 1. The predicted molar refractivity (Wildman–Crippen MR) is 55.2 cm³/mol. The molecule has 0 aliphatic heterocycles. The van der Waals surface area contributed by atoms with Crippen molar-refractivity contribution < 1.29 is 17.9 Å². The second kappa shape index (κ2) is 4.33. The lowest BCUT2D eigenvalue weighted by Gasteiger charge is -2.24. The molecule has 90 valence electrons. The van der Waals surface area contributed by atoms with Gasteiger partial charge < -0.3 is 10.1 Å². The maximum absolute atomic E-state index is 11.9. The number of hydrogen-bond acceptors (Lipinski definition) is 2. The first-order valence-corrected chi connectivity index (χ1v) is 4.80. The predicted octanol–water partition coefficient (Wildman–Crippen LogP) is 3.04. The summed E-state index contributed by atoms with van der Waals surface area (Å²) < 4.78 is 39.5. The molecule has 0 radical (unpaired) electrons. The lowest BCUT2D eigenvalue weighted by atomic mass is 9.95. The largest absolute Gasteiger partial charge is 0.573 e. The van der Waals surface area contributed by atoms with Gasteiger partial charge in [-0.2, -0.15) is 0 Å². The van der Waals surface area contributed by atoms with Gasteiger partial charge in [-0.05, 0) is 38.6 Å². The van der Waals surface area contributed by atoms with Gasteiger partial charge in [-0.1, -0.05) is 12.1 Å². The molecule has 16 heavy (non-hydrogen) atoms. The van der Waals surface area contributed by atoms with Crippen LogP contribution in [0.2, 0.25) is 0 Å². The molecule has 0 fully saturated rings. The Morgan fingerprint density at radius 1 is 1.06 bits per heavy atom. The van der Waals surface area contributed by atoms with Crippen molar-refractivity contribution in [3.05, 3.63) is 29.8 Å². The van der Waals surface area contributed by atoms with Gasteiger partial charge in [-0.3, -0.25) is 0 Å². The fourth-order valence-corrected chi connectivity index (χ4v) is 1.22. The molecule has 1 N–H and O–H groups in total. The summed E-state index contributed by atoms with van der Waals surface area (Å²) in [5.41, 5.74) is 0.612. The molecule has 0 aliphatic rings. The molecule has 1 aromatic rings. The van der Waals surface area contributed by atoms with Crippen LogP contribution in [0.1, 0.15) is 19.4 Å². The second-order valence-corrected chi connectivity index (χ2v) is 3.95. The molecule has 5 heteroatoms. The van der Waals surface area contributed by atoms with E-state index in [0.717, 1.165) is 5.56 Å². The van der Waals surface area contributed by atoms with E-state index in [1.807, 2.05) is 13.8 Å². The first-order valence-electron chi connectivity index (χ1n) is 4.80. The van der Waals surface area contributed by atoms with Crippen LogP contribution in [0.3, 0.4) is 0 Å². The van der Waals surface area contributed by atoms with E-state index >= 15 is 0 Å². The van der Waals surface area contributed by atoms with Gasteiger partial charge in [0.2, 0.25) is 0 Å². The van der Waals surface area contributed by atoms with E-state index in [9.17, 15) is 13.2 Å². The number of nitrogens with one attached hydrogen (secondary N) is 1. The summed E-state index contributed by atoms with van der Waals surface area (Å²) in [5, 5.41) is 3.06. The van der Waals surface area contributed by atoms with Crippen LogP contribution in [0.25, 0.3) is 0 Å². The quantitative estimate of drug-likeness (QED) is 0.866. The molecule has 0 aliphatic carbocycles. The van der Waals surface area contributed by atoms with E-state index in [1.54, 1.807) is 19.2 Å². The Kier molecular flexibility index (Phi) is 3.48. The standard InChI is InChI=1S/C11H14F3NO/c1-10(2,15-3)8-4-6-9(7-5-8)16-11(12,13)14/h4-7,15H,1-3H3. The number of halogens is 3. The molecule has 0 saturated carbocycles. The average Bonchev–Trinajstić information content (AvgIpc) is 2.16. The summed E-state index contributed by atoms with van der Waals surface area (Å²) in [6.45, 7) is 3.87. The van der Waals surface area contributed by atoms with Crippen molar-refractivity contribution in [2.24, 2.45) is 0 Å². The van der Waals surface area contributed by atoms with E-state index in [1.165, 1.54) is 12.1 Å². The minimum Gasteiger partial charge on any atom is -0.406 e. The zero-order valence-electron chi connectivity index (χ0n) is 9.35. The third-order valence-electron chi connectivity index (χ3n) is 2.43. The van der Waals surface area contributed by atoms with Gasteiger partial charge in [0.15, 0.2) is 0 Å². The molecule has 0 amide bonds. The zero-order valence-corrected chi connectivity index (χ0v) is 9.35. The summed E-state index contributed by atoms with van der Waals surface area (Å²) in [7, 11) is 1.79. The fourth-order valence-electron chi connectivity index (χ4n) is 1.22. The van der Waals surface area contributed by atoms with Crippen LogP contribution in [-0.4, -0.2) is 13.4 Å². The molecule has 0 heterocycles. The third-order valence-corrected chi connectivity index (χ3v) is 2.43. The molecule has 2 nitrogen and oxygen atoms in total. The van der Waals surface area contributed by atoms with Crippen LogP contribution in [0.4, 0.5) is 13.2 Å². The van der Waals surface area contributed by atoms with Crippen LogP contribution in [0, 0.1) is 0 Å². The first kappa shape index (κ1) is 12.8. The van der Waals surface area contributed by atoms with Crippen LogP contribution < -0.4 is 10.1 Å². The normalized spacial score (nSPS) is 12.6. The zero-order chi connectivity index (χ0) is 12.4. The number of ether oxygens (including phenoxy) is 1. The first-order chi connectivity index (χ1) is 7.24. The highest BCUT2D eigenvalue weighted by Crippen LogP contribution is 2.26. The second-order valence-electron chi connectivity index (χ2n) is 3.95. The Morgan fingerprint density at radius 2 is 1.56 bits per heavy atom. The average molecular weight is 233 g/mol. The Balaban J connectivity index is 2.84. The van der Waals surface area contributed by atoms with Crippen molar-refractivity contribution in [1.29, 1.82) is 0 Å². The van der Waals surface area contributed by atoms with Crippen molar-refractivity contribution in [2.45, 2.75) is 25.7 Å². The Hall–Kier alpha value is -1.23. The smallest absolute Gasteiger partial charge is 0.406 e. The van der Waals surface area contributed by atoms with Crippen molar-refractivity contribution in [2.75, 3.05) is 7.05 Å². The SMILES string of the molecule is CNC(C)(C)c1ccc(OC(F)(F)F)cc1. The fraction of sp³-hybridized carbons (Fsp3) is 0.455. The van der Waals surface area contributed by atoms with Crippen LogP contribution in [-0.2, 0) is 5.54 Å². The van der Waals surface area contributed by atoms with E-state index in [0.29, 0.717) is 0 Å². The minimum absolute atomic E-state index is 0.205. The van der Waals surface area contributed by atoms with Crippen LogP contribution >= 0.6 is 0 Å². The maximum atomic E-state index is 11.9. The van der Waals surface area contributed by atoms with E-state index in [-0.39, 0.29) is 11.3 Å². The van der Waals surface area contributed by atoms with Gasteiger partial charge in [0, 0.05) is 5.54 Å². The molecule has 0 bridgehead atoms. The lowest BCUT2D eigenvalue weighted by Crippen LogP contribution is -2.32. The van der Waals surface area contributed by atoms with E-state index < -0.39 is 6.36 Å². The molecule has 0 spiro atoms. The molecule has 1 aromatic carbocycles. The Morgan fingerprint density at radius 3 is 1.94 bits per heavy atom. The number of alkyl halides is 3. The van der Waals surface area contributed by atoms with Crippen molar-refractivity contribution in [3.63, 3.8) is 0 Å². The van der Waals surface area contributed by atoms with Gasteiger partial charge in [-0.15, -0.1) is 13.2 Å². The highest BCUT2D eigenvalue weighted by Gasteiger charge is 2.31. The molecular formula is C11H14F3NO. The summed E-state index contributed by atoms with van der Waals surface area (Å²) in [5.74, 6) is -0.205. The number of hydrogen-bond donors (Lipinski definition) is 1. The van der Waals surface area contributed by atoms with E-state index in [4.69, 9.17) is 0 Å². The summed E-state index contributed by atoms with van der Waals surface area (Å²) in [6, 6.07) is 5.83. The van der Waals surface area contributed by atoms with Crippen LogP contribution in [0.15, 0.2) is 24.3 Å². The maximum Gasteiger partial charge on any atom is 0.573 e. The van der Waals surface area contributed by atoms with Gasteiger partial charge in [0.1, 0.15) is 5.75 Å². The Bertz CT molecular complexity index is 343. The van der Waals surface area contributed by atoms with Crippen LogP contribution in [0.5, 0.6) is 5.75 Å². The summed E-state index contributed by atoms with van der Waals surface area (Å²) >= 11 is 0. The Labute approximate surface area is 92.4 Å². The van der Waals surface area contributed by atoms with Gasteiger partial charge in [0.05, 0.1) is 0 Å². The van der Waals surface area contributed by atoms with Gasteiger partial charge in [-0.25, -0.2) is 0 Å². The molecule has 1 rings (SSSR count). The number of rotatable bonds is 3. The van der Waals surface area contributed by atoms with Crippen molar-refractivity contribution in [1.82, 2.24) is 5.32 Å².